The third-order valence-corrected chi connectivity index (χ3v) is 5.60. The van der Waals surface area contributed by atoms with Gasteiger partial charge in [-0.1, -0.05) is 24.3 Å². The first-order valence-electron chi connectivity index (χ1n) is 8.95. The average molecular weight is 358 g/mol. The molecule has 1 saturated carbocycles. The third-order valence-electron chi connectivity index (χ3n) is 4.66. The van der Waals surface area contributed by atoms with Crippen LogP contribution in [-0.4, -0.2) is 32.7 Å². The Hall–Kier alpha value is -2.01. The van der Waals surface area contributed by atoms with Gasteiger partial charge >= 0.3 is 0 Å². The monoisotopic (exact) mass is 357 g/mol. The minimum atomic E-state index is 0.142. The Morgan fingerprint density at radius 3 is 2.72 bits per heavy atom. The summed E-state index contributed by atoms with van der Waals surface area (Å²) in [5, 5.41) is 8.93. The lowest BCUT2D eigenvalue weighted by atomic mass is 9.95. The van der Waals surface area contributed by atoms with Crippen LogP contribution in [0, 0.1) is 0 Å². The summed E-state index contributed by atoms with van der Waals surface area (Å²) in [6.07, 6.45) is 3.37. The standard InChI is InChI=1S/C20H27N3OS/c1-3-21-19(22-13-10-16-7-6-14-25-16)23-15-20(11-12-20)17-8-4-5-9-18(17)24-2/h4-9,14H,3,10-13,15H2,1-2H3,(H2,21,22,23). The van der Waals surface area contributed by atoms with E-state index in [2.05, 4.69) is 47.2 Å². The molecule has 1 aromatic heterocycles. The second kappa shape index (κ2) is 8.39. The van der Waals surface area contributed by atoms with Crippen molar-refractivity contribution in [1.82, 2.24) is 10.6 Å². The number of hydrogen-bond donors (Lipinski definition) is 2. The van der Waals surface area contributed by atoms with Crippen LogP contribution in [0.2, 0.25) is 0 Å². The summed E-state index contributed by atoms with van der Waals surface area (Å²) in [4.78, 5) is 6.26. The molecule has 3 rings (SSSR count). The number of guanidine groups is 1. The smallest absolute Gasteiger partial charge is 0.191 e. The molecule has 4 nitrogen and oxygen atoms in total. The van der Waals surface area contributed by atoms with E-state index in [1.807, 2.05) is 12.1 Å². The Balaban J connectivity index is 1.62. The number of hydrogen-bond acceptors (Lipinski definition) is 3. The number of nitrogens with zero attached hydrogens (tertiary/aromatic N) is 1. The molecule has 0 aliphatic heterocycles. The van der Waals surface area contributed by atoms with Crippen LogP contribution < -0.4 is 15.4 Å². The predicted molar refractivity (Wildman–Crippen MR) is 106 cm³/mol. The van der Waals surface area contributed by atoms with E-state index in [1.165, 1.54) is 23.3 Å². The van der Waals surface area contributed by atoms with Gasteiger partial charge in [-0.25, -0.2) is 0 Å². The van der Waals surface area contributed by atoms with Crippen LogP contribution in [0.15, 0.2) is 46.8 Å². The molecule has 1 aliphatic carbocycles. The van der Waals surface area contributed by atoms with Gasteiger partial charge in [0.1, 0.15) is 5.75 Å². The fourth-order valence-corrected chi connectivity index (χ4v) is 3.79. The van der Waals surface area contributed by atoms with Gasteiger partial charge in [-0.2, -0.15) is 0 Å². The van der Waals surface area contributed by atoms with Crippen LogP contribution in [-0.2, 0) is 11.8 Å². The number of para-hydroxylation sites is 1. The quantitative estimate of drug-likeness (QED) is 0.561. The van der Waals surface area contributed by atoms with Crippen molar-refractivity contribution in [2.75, 3.05) is 26.7 Å². The summed E-state index contributed by atoms with van der Waals surface area (Å²) in [7, 11) is 1.74. The lowest BCUT2D eigenvalue weighted by Crippen LogP contribution is -2.38. The summed E-state index contributed by atoms with van der Waals surface area (Å²) in [6, 6.07) is 12.6. The highest BCUT2D eigenvalue weighted by Gasteiger charge is 2.46. The highest BCUT2D eigenvalue weighted by molar-refractivity contribution is 7.09. The molecule has 0 radical (unpaired) electrons. The summed E-state index contributed by atoms with van der Waals surface area (Å²) in [6.45, 7) is 4.66. The fourth-order valence-electron chi connectivity index (χ4n) is 3.08. The van der Waals surface area contributed by atoms with Crippen molar-refractivity contribution < 1.29 is 4.74 Å². The molecule has 0 atom stereocenters. The maximum atomic E-state index is 5.55. The van der Waals surface area contributed by atoms with Crippen LogP contribution in [0.5, 0.6) is 5.75 Å². The molecular formula is C20H27N3OS. The molecule has 1 heterocycles. The van der Waals surface area contributed by atoms with Gasteiger partial charge in [0.2, 0.25) is 0 Å². The maximum absolute atomic E-state index is 5.55. The van der Waals surface area contributed by atoms with Crippen LogP contribution in [0.3, 0.4) is 0 Å². The van der Waals surface area contributed by atoms with Gasteiger partial charge in [-0.05, 0) is 43.7 Å². The number of nitrogens with one attached hydrogen (secondary N) is 2. The minimum absolute atomic E-state index is 0.142. The SMILES string of the molecule is CCNC(=NCC1(c2ccccc2OC)CC1)NCCc1cccs1. The number of methoxy groups -OCH3 is 1. The van der Waals surface area contributed by atoms with Gasteiger partial charge < -0.3 is 15.4 Å². The van der Waals surface area contributed by atoms with Gasteiger partial charge in [-0.3, -0.25) is 4.99 Å². The van der Waals surface area contributed by atoms with E-state index in [-0.39, 0.29) is 5.41 Å². The predicted octanol–water partition coefficient (Wildman–Crippen LogP) is 3.59. The van der Waals surface area contributed by atoms with E-state index in [9.17, 15) is 0 Å². The molecule has 0 amide bonds. The number of thiophene rings is 1. The molecule has 0 unspecified atom stereocenters. The van der Waals surface area contributed by atoms with Crippen molar-refractivity contribution in [2.45, 2.75) is 31.6 Å². The van der Waals surface area contributed by atoms with E-state index in [0.29, 0.717) is 0 Å². The van der Waals surface area contributed by atoms with E-state index >= 15 is 0 Å². The molecule has 0 saturated heterocycles. The molecule has 0 spiro atoms. The van der Waals surface area contributed by atoms with Crippen LogP contribution in [0.25, 0.3) is 0 Å². The summed E-state index contributed by atoms with van der Waals surface area (Å²) in [5.41, 5.74) is 1.43. The topological polar surface area (TPSA) is 45.7 Å². The number of aliphatic imine (C=N–C) groups is 1. The summed E-state index contributed by atoms with van der Waals surface area (Å²) in [5.74, 6) is 1.88. The molecule has 2 aromatic rings. The highest BCUT2D eigenvalue weighted by Crippen LogP contribution is 2.51. The van der Waals surface area contributed by atoms with Crippen LogP contribution in [0.4, 0.5) is 0 Å². The zero-order chi connectivity index (χ0) is 17.5. The van der Waals surface area contributed by atoms with Crippen LogP contribution >= 0.6 is 11.3 Å². The Kier molecular flexibility index (Phi) is 5.97. The summed E-state index contributed by atoms with van der Waals surface area (Å²) < 4.78 is 5.55. The highest BCUT2D eigenvalue weighted by atomic mass is 32.1. The van der Waals surface area contributed by atoms with Crippen LogP contribution in [0.1, 0.15) is 30.2 Å². The van der Waals surface area contributed by atoms with E-state index in [4.69, 9.17) is 9.73 Å². The first-order chi connectivity index (χ1) is 12.3. The second-order valence-electron chi connectivity index (χ2n) is 6.43. The largest absolute Gasteiger partial charge is 0.496 e. The van der Waals surface area contributed by atoms with Gasteiger partial charge in [0, 0.05) is 28.9 Å². The number of ether oxygens (including phenoxy) is 1. The van der Waals surface area contributed by atoms with Gasteiger partial charge in [0.05, 0.1) is 13.7 Å². The van der Waals surface area contributed by atoms with Crippen molar-refractivity contribution in [1.29, 1.82) is 0 Å². The average Bonchev–Trinajstić information content (AvgIpc) is 3.26. The Morgan fingerprint density at radius 1 is 1.20 bits per heavy atom. The second-order valence-corrected chi connectivity index (χ2v) is 7.46. The molecule has 1 aromatic carbocycles. The molecule has 2 N–H and O–H groups in total. The van der Waals surface area contributed by atoms with Gasteiger partial charge in [0.25, 0.3) is 0 Å². The van der Waals surface area contributed by atoms with Crippen molar-refractivity contribution in [3.05, 3.63) is 52.2 Å². The fraction of sp³-hybridized carbons (Fsp3) is 0.450. The first-order valence-corrected chi connectivity index (χ1v) is 9.83. The van der Waals surface area contributed by atoms with Gasteiger partial charge in [0.15, 0.2) is 5.96 Å². The van der Waals surface area contributed by atoms with Crippen molar-refractivity contribution in [3.8, 4) is 5.75 Å². The lowest BCUT2D eigenvalue weighted by Gasteiger charge is -2.18. The van der Waals surface area contributed by atoms with E-state index < -0.39 is 0 Å². The van der Waals surface area contributed by atoms with E-state index in [1.54, 1.807) is 18.4 Å². The molecular weight excluding hydrogens is 330 g/mol. The molecule has 25 heavy (non-hydrogen) atoms. The lowest BCUT2D eigenvalue weighted by molar-refractivity contribution is 0.404. The van der Waals surface area contributed by atoms with E-state index in [0.717, 1.165) is 37.8 Å². The van der Waals surface area contributed by atoms with Crippen molar-refractivity contribution >= 4 is 17.3 Å². The Bertz CT molecular complexity index is 693. The molecule has 1 aliphatic rings. The Labute approximate surface area is 154 Å². The van der Waals surface area contributed by atoms with Crippen molar-refractivity contribution in [3.63, 3.8) is 0 Å². The van der Waals surface area contributed by atoms with Crippen molar-refractivity contribution in [2.24, 2.45) is 4.99 Å². The maximum Gasteiger partial charge on any atom is 0.191 e. The van der Waals surface area contributed by atoms with Gasteiger partial charge in [-0.15, -0.1) is 11.3 Å². The summed E-state index contributed by atoms with van der Waals surface area (Å²) >= 11 is 1.80. The molecule has 1 fully saturated rings. The zero-order valence-electron chi connectivity index (χ0n) is 15.0. The molecule has 134 valence electrons. The third kappa shape index (κ3) is 4.54. The first kappa shape index (κ1) is 17.8. The normalized spacial score (nSPS) is 15.7. The molecule has 0 bridgehead atoms. The number of benzene rings is 1. The molecule has 5 heteroatoms. The zero-order valence-corrected chi connectivity index (χ0v) is 15.9. The Morgan fingerprint density at radius 2 is 2.04 bits per heavy atom. The minimum Gasteiger partial charge on any atom is -0.496 e. The number of rotatable bonds is 8.